The van der Waals surface area contributed by atoms with Gasteiger partial charge in [0.25, 0.3) is 16.8 Å². The van der Waals surface area contributed by atoms with Crippen molar-refractivity contribution in [3.05, 3.63) is 58.1 Å². The van der Waals surface area contributed by atoms with Crippen LogP contribution in [-0.4, -0.2) is 48.2 Å². The molecule has 0 spiro atoms. The van der Waals surface area contributed by atoms with Gasteiger partial charge in [-0.15, -0.1) is 0 Å². The first-order valence-electron chi connectivity index (χ1n) is 10.1. The second-order valence-corrected chi connectivity index (χ2v) is 8.90. The van der Waals surface area contributed by atoms with Crippen molar-refractivity contribution in [2.75, 3.05) is 37.4 Å². The van der Waals surface area contributed by atoms with E-state index in [-0.39, 0.29) is 16.5 Å². The minimum atomic E-state index is -0.433. The van der Waals surface area contributed by atoms with Crippen LogP contribution >= 0.6 is 11.8 Å². The first kappa shape index (κ1) is 22.6. The van der Waals surface area contributed by atoms with Gasteiger partial charge in [0, 0.05) is 49.4 Å². The summed E-state index contributed by atoms with van der Waals surface area (Å²) in [5.74, 6) is 0.192. The Labute approximate surface area is 185 Å². The molecule has 0 atom stereocenters. The van der Waals surface area contributed by atoms with Crippen molar-refractivity contribution in [3.8, 4) is 0 Å². The zero-order chi connectivity index (χ0) is 22.5. The van der Waals surface area contributed by atoms with Gasteiger partial charge in [-0.25, -0.2) is 0 Å². The molecule has 1 N–H and O–H groups in total. The lowest BCUT2D eigenvalue weighted by Crippen LogP contribution is -2.33. The minimum Gasteiger partial charge on any atom is -0.366 e. The van der Waals surface area contributed by atoms with E-state index in [4.69, 9.17) is 0 Å². The van der Waals surface area contributed by atoms with E-state index in [1.807, 2.05) is 4.90 Å². The number of nitrogens with zero attached hydrogens (tertiary/aromatic N) is 3. The van der Waals surface area contributed by atoms with Gasteiger partial charge < -0.3 is 15.1 Å². The van der Waals surface area contributed by atoms with E-state index in [1.54, 1.807) is 50.5 Å². The Kier molecular flexibility index (Phi) is 7.17. The van der Waals surface area contributed by atoms with Crippen molar-refractivity contribution in [3.63, 3.8) is 0 Å². The number of amides is 2. The van der Waals surface area contributed by atoms with Crippen molar-refractivity contribution < 1.29 is 14.5 Å². The van der Waals surface area contributed by atoms with Crippen LogP contribution < -0.4 is 10.2 Å². The summed E-state index contributed by atoms with van der Waals surface area (Å²) in [4.78, 5) is 39.9. The summed E-state index contributed by atoms with van der Waals surface area (Å²) >= 11 is 1.09. The molecule has 8 nitrogen and oxygen atoms in total. The predicted octanol–water partition coefficient (Wildman–Crippen LogP) is 4.86. The normalized spacial score (nSPS) is 14.2. The topological polar surface area (TPSA) is 95.8 Å². The number of anilines is 2. The molecule has 0 bridgehead atoms. The maximum atomic E-state index is 12.7. The number of hydrogen-bond donors (Lipinski definition) is 1. The fourth-order valence-electron chi connectivity index (χ4n) is 3.33. The molecule has 0 aromatic heterocycles. The minimum absolute atomic E-state index is 0.0591. The number of carbonyl (C=O) groups excluding carboxylic acids is 2. The lowest BCUT2D eigenvalue weighted by molar-refractivity contribution is -0.384. The summed E-state index contributed by atoms with van der Waals surface area (Å²) in [6.07, 6.45) is 1.99. The van der Waals surface area contributed by atoms with E-state index >= 15 is 0 Å². The highest BCUT2D eigenvalue weighted by atomic mass is 32.2. The number of piperidine rings is 1. The molecular weight excluding hydrogens is 416 g/mol. The lowest BCUT2D eigenvalue weighted by atomic mass is 9.98. The second kappa shape index (κ2) is 9.82. The van der Waals surface area contributed by atoms with Crippen LogP contribution in [0, 0.1) is 16.0 Å². The van der Waals surface area contributed by atoms with Crippen LogP contribution in [0.25, 0.3) is 0 Å². The standard InChI is InChI=1S/C22H26N4O4S/c1-15-10-12-25(13-11-15)19-9-4-16(14-20(19)26(29)30)21(27)23-17-5-7-18(8-6-17)31-22(28)24(2)3/h4-9,14-15H,10-13H2,1-3H3,(H,23,27). The Morgan fingerprint density at radius 2 is 1.77 bits per heavy atom. The molecule has 0 aliphatic carbocycles. The Balaban J connectivity index is 1.72. The molecule has 1 saturated heterocycles. The predicted molar refractivity (Wildman–Crippen MR) is 123 cm³/mol. The Morgan fingerprint density at radius 3 is 2.35 bits per heavy atom. The van der Waals surface area contributed by atoms with Crippen LogP contribution in [0.5, 0.6) is 0 Å². The quantitative estimate of drug-likeness (QED) is 0.404. The molecule has 2 aromatic rings. The van der Waals surface area contributed by atoms with Gasteiger partial charge in [-0.3, -0.25) is 19.7 Å². The maximum Gasteiger partial charge on any atom is 0.293 e. The molecule has 31 heavy (non-hydrogen) atoms. The zero-order valence-corrected chi connectivity index (χ0v) is 18.6. The molecule has 0 radical (unpaired) electrons. The maximum absolute atomic E-state index is 12.7. The second-order valence-electron chi connectivity index (χ2n) is 7.87. The molecule has 2 aromatic carbocycles. The fraction of sp³-hybridized carbons (Fsp3) is 0.364. The van der Waals surface area contributed by atoms with Crippen LogP contribution in [0.15, 0.2) is 47.4 Å². The highest BCUT2D eigenvalue weighted by Crippen LogP contribution is 2.32. The third-order valence-corrected chi connectivity index (χ3v) is 6.29. The van der Waals surface area contributed by atoms with Gasteiger partial charge in [-0.2, -0.15) is 0 Å². The highest BCUT2D eigenvalue weighted by Gasteiger charge is 2.24. The number of thioether (sulfide) groups is 1. The summed E-state index contributed by atoms with van der Waals surface area (Å²) in [5, 5.41) is 14.3. The van der Waals surface area contributed by atoms with Crippen molar-refractivity contribution >= 4 is 40.0 Å². The van der Waals surface area contributed by atoms with Gasteiger partial charge in [0.05, 0.1) is 4.92 Å². The Hall–Kier alpha value is -3.07. The Bertz CT molecular complexity index is 970. The number of hydrogen-bond acceptors (Lipinski definition) is 6. The fourth-order valence-corrected chi connectivity index (χ4v) is 3.99. The molecular formula is C22H26N4O4S. The van der Waals surface area contributed by atoms with E-state index < -0.39 is 10.8 Å². The number of rotatable bonds is 5. The van der Waals surface area contributed by atoms with Gasteiger partial charge in [-0.05, 0) is 66.9 Å². The molecule has 0 saturated carbocycles. The molecule has 9 heteroatoms. The average Bonchev–Trinajstić information content (AvgIpc) is 2.75. The third-order valence-electron chi connectivity index (χ3n) is 5.24. The van der Waals surface area contributed by atoms with Gasteiger partial charge >= 0.3 is 0 Å². The van der Waals surface area contributed by atoms with Crippen LogP contribution in [0.2, 0.25) is 0 Å². The molecule has 0 unspecified atom stereocenters. The largest absolute Gasteiger partial charge is 0.366 e. The Morgan fingerprint density at radius 1 is 1.13 bits per heavy atom. The third kappa shape index (κ3) is 5.75. The zero-order valence-electron chi connectivity index (χ0n) is 17.8. The van der Waals surface area contributed by atoms with Crippen molar-refractivity contribution in [2.24, 2.45) is 5.92 Å². The lowest BCUT2D eigenvalue weighted by Gasteiger charge is -2.31. The summed E-state index contributed by atoms with van der Waals surface area (Å²) in [6, 6.07) is 11.5. The van der Waals surface area contributed by atoms with Crippen LogP contribution in [-0.2, 0) is 0 Å². The first-order valence-corrected chi connectivity index (χ1v) is 10.9. The van der Waals surface area contributed by atoms with Gasteiger partial charge in [-0.1, -0.05) is 6.92 Å². The SMILES string of the molecule is CC1CCN(c2ccc(C(=O)Nc3ccc(SC(=O)N(C)C)cc3)cc2[N+](=O)[O-])CC1. The highest BCUT2D eigenvalue weighted by molar-refractivity contribution is 8.13. The van der Waals surface area contributed by atoms with E-state index in [0.717, 1.165) is 42.6 Å². The summed E-state index contributed by atoms with van der Waals surface area (Å²) < 4.78 is 0. The van der Waals surface area contributed by atoms with E-state index in [0.29, 0.717) is 17.3 Å². The molecule has 1 fully saturated rings. The number of benzene rings is 2. The molecule has 164 valence electrons. The summed E-state index contributed by atoms with van der Waals surface area (Å²) in [7, 11) is 3.36. The molecule has 1 aliphatic heterocycles. The number of nitrogens with one attached hydrogen (secondary N) is 1. The van der Waals surface area contributed by atoms with Gasteiger partial charge in [0.2, 0.25) is 0 Å². The number of carbonyl (C=O) groups is 2. The molecule has 1 aliphatic rings. The van der Waals surface area contributed by atoms with Crippen LogP contribution in [0.4, 0.5) is 21.9 Å². The van der Waals surface area contributed by atoms with Gasteiger partial charge in [0.1, 0.15) is 5.69 Å². The molecule has 1 heterocycles. The van der Waals surface area contributed by atoms with Gasteiger partial charge in [0.15, 0.2) is 0 Å². The summed E-state index contributed by atoms with van der Waals surface area (Å²) in [6.45, 7) is 3.73. The number of nitro groups is 1. The monoisotopic (exact) mass is 442 g/mol. The molecule has 2 amide bonds. The smallest absolute Gasteiger partial charge is 0.293 e. The summed E-state index contributed by atoms with van der Waals surface area (Å²) in [5.41, 5.74) is 1.27. The number of nitro benzene ring substituents is 1. The van der Waals surface area contributed by atoms with Crippen LogP contribution in [0.1, 0.15) is 30.1 Å². The average molecular weight is 443 g/mol. The van der Waals surface area contributed by atoms with Crippen molar-refractivity contribution in [1.82, 2.24) is 4.90 Å². The molecule has 3 rings (SSSR count). The van der Waals surface area contributed by atoms with E-state index in [9.17, 15) is 19.7 Å². The van der Waals surface area contributed by atoms with Crippen LogP contribution in [0.3, 0.4) is 0 Å². The van der Waals surface area contributed by atoms with E-state index in [2.05, 4.69) is 12.2 Å². The first-order chi connectivity index (χ1) is 14.7. The van der Waals surface area contributed by atoms with E-state index in [1.165, 1.54) is 11.0 Å². The van der Waals surface area contributed by atoms with Crippen molar-refractivity contribution in [1.29, 1.82) is 0 Å². The van der Waals surface area contributed by atoms with Crippen molar-refractivity contribution in [2.45, 2.75) is 24.7 Å².